The van der Waals surface area contributed by atoms with Crippen LogP contribution in [0.15, 0.2) is 55.1 Å². The Kier molecular flexibility index (Phi) is 3.86. The van der Waals surface area contributed by atoms with Gasteiger partial charge in [0.05, 0.1) is 29.8 Å². The number of nitrogens with one attached hydrogen (secondary N) is 1. The molecule has 0 aliphatic carbocycles. The van der Waals surface area contributed by atoms with Gasteiger partial charge in [-0.3, -0.25) is 14.8 Å². The van der Waals surface area contributed by atoms with E-state index < -0.39 is 0 Å². The molecule has 1 aromatic carbocycles. The maximum absolute atomic E-state index is 12.2. The first-order chi connectivity index (χ1) is 10.7. The van der Waals surface area contributed by atoms with Crippen LogP contribution >= 0.6 is 0 Å². The quantitative estimate of drug-likeness (QED) is 0.789. The van der Waals surface area contributed by atoms with Crippen LogP contribution in [0.25, 0.3) is 5.69 Å². The summed E-state index contributed by atoms with van der Waals surface area (Å²) in [7, 11) is 0. The van der Waals surface area contributed by atoms with E-state index in [1.165, 1.54) is 0 Å². The van der Waals surface area contributed by atoms with Crippen molar-refractivity contribution in [1.82, 2.24) is 30.3 Å². The third-order valence-corrected chi connectivity index (χ3v) is 3.12. The lowest BCUT2D eigenvalue weighted by atomic mass is 10.2. The second-order valence-corrected chi connectivity index (χ2v) is 4.71. The van der Waals surface area contributed by atoms with Crippen LogP contribution in [-0.2, 0) is 0 Å². The number of rotatable bonds is 4. The van der Waals surface area contributed by atoms with E-state index in [9.17, 15) is 4.79 Å². The van der Waals surface area contributed by atoms with Crippen molar-refractivity contribution >= 4 is 5.91 Å². The van der Waals surface area contributed by atoms with Crippen LogP contribution < -0.4 is 5.32 Å². The monoisotopic (exact) mass is 294 g/mol. The van der Waals surface area contributed by atoms with Crippen LogP contribution in [0.5, 0.6) is 0 Å². The molecule has 0 unspecified atom stereocenters. The maximum atomic E-state index is 12.2. The minimum Gasteiger partial charge on any atom is -0.342 e. The van der Waals surface area contributed by atoms with Crippen LogP contribution in [0.3, 0.4) is 0 Å². The van der Waals surface area contributed by atoms with Gasteiger partial charge in [-0.05, 0) is 19.1 Å². The van der Waals surface area contributed by atoms with E-state index in [1.54, 1.807) is 29.5 Å². The van der Waals surface area contributed by atoms with Crippen molar-refractivity contribution in [2.45, 2.75) is 13.0 Å². The van der Waals surface area contributed by atoms with Gasteiger partial charge in [-0.2, -0.15) is 0 Å². The van der Waals surface area contributed by atoms with Crippen molar-refractivity contribution in [3.05, 3.63) is 66.5 Å². The van der Waals surface area contributed by atoms with Gasteiger partial charge < -0.3 is 5.32 Å². The maximum Gasteiger partial charge on any atom is 0.274 e. The van der Waals surface area contributed by atoms with Crippen LogP contribution in [0.2, 0.25) is 0 Å². The van der Waals surface area contributed by atoms with Gasteiger partial charge in [-0.1, -0.05) is 23.4 Å². The number of aromatic nitrogens is 5. The summed E-state index contributed by atoms with van der Waals surface area (Å²) in [6.07, 6.45) is 6.38. The van der Waals surface area contributed by atoms with Gasteiger partial charge in [0.15, 0.2) is 5.69 Å². The molecule has 2 heterocycles. The van der Waals surface area contributed by atoms with E-state index in [0.717, 1.165) is 5.69 Å². The molecule has 0 radical (unpaired) electrons. The zero-order valence-corrected chi connectivity index (χ0v) is 11.9. The molecule has 110 valence electrons. The first kappa shape index (κ1) is 13.9. The first-order valence-electron chi connectivity index (χ1n) is 6.78. The lowest BCUT2D eigenvalue weighted by Gasteiger charge is -2.11. The predicted molar refractivity (Wildman–Crippen MR) is 79.3 cm³/mol. The van der Waals surface area contributed by atoms with Crippen LogP contribution in [0.4, 0.5) is 0 Å². The summed E-state index contributed by atoms with van der Waals surface area (Å²) in [6, 6.07) is 9.22. The smallest absolute Gasteiger partial charge is 0.274 e. The van der Waals surface area contributed by atoms with Gasteiger partial charge in [0.2, 0.25) is 0 Å². The second kappa shape index (κ2) is 6.13. The third kappa shape index (κ3) is 2.98. The van der Waals surface area contributed by atoms with E-state index in [1.807, 2.05) is 37.3 Å². The van der Waals surface area contributed by atoms with Gasteiger partial charge in [0.1, 0.15) is 0 Å². The molecule has 1 N–H and O–H groups in total. The minimum absolute atomic E-state index is 0.250. The molecule has 3 rings (SSSR count). The highest BCUT2D eigenvalue weighted by Gasteiger charge is 2.15. The van der Waals surface area contributed by atoms with Crippen molar-refractivity contribution < 1.29 is 4.79 Å². The van der Waals surface area contributed by atoms with Crippen LogP contribution in [0.1, 0.15) is 29.1 Å². The number of para-hydroxylation sites is 1. The number of nitrogens with zero attached hydrogens (tertiary/aromatic N) is 5. The fraction of sp³-hybridized carbons (Fsp3) is 0.133. The summed E-state index contributed by atoms with van der Waals surface area (Å²) in [6.45, 7) is 1.84. The standard InChI is InChI=1S/C15H14N6O/c1-11(13-9-16-7-8-17-13)18-15(22)14-10-21(20-19-14)12-5-3-2-4-6-12/h2-11H,1H3,(H,18,22)/t11-/m0/s1. The molecule has 0 aliphatic rings. The molecule has 0 saturated carbocycles. The summed E-state index contributed by atoms with van der Waals surface area (Å²) in [5, 5.41) is 10.7. The zero-order valence-electron chi connectivity index (χ0n) is 11.9. The Morgan fingerprint density at radius 1 is 1.23 bits per heavy atom. The molecule has 22 heavy (non-hydrogen) atoms. The largest absolute Gasteiger partial charge is 0.342 e. The molecule has 2 aromatic heterocycles. The average molecular weight is 294 g/mol. The van der Waals surface area contributed by atoms with Crippen molar-refractivity contribution in [3.8, 4) is 5.69 Å². The van der Waals surface area contributed by atoms with E-state index in [2.05, 4.69) is 25.6 Å². The average Bonchev–Trinajstić information content (AvgIpc) is 3.06. The number of carbonyl (C=O) groups excluding carboxylic acids is 1. The van der Waals surface area contributed by atoms with Gasteiger partial charge in [0, 0.05) is 12.4 Å². The Morgan fingerprint density at radius 2 is 2.05 bits per heavy atom. The fourth-order valence-electron chi connectivity index (χ4n) is 1.95. The van der Waals surface area contributed by atoms with Crippen molar-refractivity contribution in [2.24, 2.45) is 0 Å². The van der Waals surface area contributed by atoms with Crippen LogP contribution in [-0.4, -0.2) is 30.9 Å². The summed E-state index contributed by atoms with van der Waals surface area (Å²) in [5.74, 6) is -0.305. The van der Waals surface area contributed by atoms with E-state index in [0.29, 0.717) is 5.69 Å². The lowest BCUT2D eigenvalue weighted by Crippen LogP contribution is -2.27. The molecular weight excluding hydrogens is 280 g/mol. The Morgan fingerprint density at radius 3 is 2.77 bits per heavy atom. The molecule has 1 amide bonds. The highest BCUT2D eigenvalue weighted by Crippen LogP contribution is 2.09. The van der Waals surface area contributed by atoms with Crippen LogP contribution in [0, 0.1) is 0 Å². The summed E-state index contributed by atoms with van der Waals surface area (Å²) in [4.78, 5) is 20.3. The Hall–Kier alpha value is -3.09. The number of amides is 1. The second-order valence-electron chi connectivity index (χ2n) is 4.71. The number of hydrogen-bond donors (Lipinski definition) is 1. The molecule has 0 spiro atoms. The Labute approximate surface area is 127 Å². The summed E-state index contributed by atoms with van der Waals surface area (Å²) < 4.78 is 1.56. The van der Waals surface area contributed by atoms with Gasteiger partial charge >= 0.3 is 0 Å². The predicted octanol–water partition coefficient (Wildman–Crippen LogP) is 1.55. The summed E-state index contributed by atoms with van der Waals surface area (Å²) in [5.41, 5.74) is 1.78. The fourth-order valence-corrected chi connectivity index (χ4v) is 1.95. The Bertz CT molecular complexity index is 756. The molecule has 1 atom stereocenters. The number of hydrogen-bond acceptors (Lipinski definition) is 5. The van der Waals surface area contributed by atoms with Crippen molar-refractivity contribution in [1.29, 1.82) is 0 Å². The van der Waals surface area contributed by atoms with Crippen molar-refractivity contribution in [3.63, 3.8) is 0 Å². The molecule has 7 nitrogen and oxygen atoms in total. The normalized spacial score (nSPS) is 11.9. The highest BCUT2D eigenvalue weighted by molar-refractivity contribution is 5.92. The van der Waals surface area contributed by atoms with Gasteiger partial charge in [-0.15, -0.1) is 5.10 Å². The number of benzene rings is 1. The van der Waals surface area contributed by atoms with E-state index >= 15 is 0 Å². The molecule has 0 fully saturated rings. The van der Waals surface area contributed by atoms with E-state index in [4.69, 9.17) is 0 Å². The third-order valence-electron chi connectivity index (χ3n) is 3.12. The minimum atomic E-state index is -0.305. The van der Waals surface area contributed by atoms with Gasteiger partial charge in [0.25, 0.3) is 5.91 Å². The summed E-state index contributed by atoms with van der Waals surface area (Å²) >= 11 is 0. The Balaban J connectivity index is 1.72. The van der Waals surface area contributed by atoms with E-state index in [-0.39, 0.29) is 17.6 Å². The molecule has 0 aliphatic heterocycles. The number of carbonyl (C=O) groups is 1. The topological polar surface area (TPSA) is 85.6 Å². The zero-order chi connectivity index (χ0) is 15.4. The molecule has 0 saturated heterocycles. The van der Waals surface area contributed by atoms with Crippen molar-refractivity contribution in [2.75, 3.05) is 0 Å². The first-order valence-corrected chi connectivity index (χ1v) is 6.78. The molecule has 0 bridgehead atoms. The highest BCUT2D eigenvalue weighted by atomic mass is 16.2. The SMILES string of the molecule is C[C@H](NC(=O)c1cn(-c2ccccc2)nn1)c1cnccn1. The molecule has 7 heteroatoms. The molecular formula is C15H14N6O. The lowest BCUT2D eigenvalue weighted by molar-refractivity contribution is 0.0934. The molecule has 3 aromatic rings. The van der Waals surface area contributed by atoms with Gasteiger partial charge in [-0.25, -0.2) is 4.68 Å².